The molecule has 0 radical (unpaired) electrons. The fraction of sp³-hybridized carbons (Fsp3) is 0.222. The first-order chi connectivity index (χ1) is 11.4. The minimum atomic E-state index is -0.770. The maximum atomic E-state index is 13.2. The number of para-hydroxylation sites is 1. The van der Waals surface area contributed by atoms with Crippen LogP contribution in [0, 0.1) is 5.82 Å². The Morgan fingerprint density at radius 3 is 2.62 bits per heavy atom. The highest BCUT2D eigenvalue weighted by atomic mass is 79.9. The first kappa shape index (κ1) is 18.1. The van der Waals surface area contributed by atoms with Gasteiger partial charge in [0.05, 0.1) is 5.56 Å². The molecule has 0 spiro atoms. The molecule has 126 valence electrons. The van der Waals surface area contributed by atoms with Gasteiger partial charge in [-0.1, -0.05) is 32.0 Å². The van der Waals surface area contributed by atoms with E-state index >= 15 is 0 Å². The zero-order valence-electron chi connectivity index (χ0n) is 13.3. The first-order valence-electron chi connectivity index (χ1n) is 7.39. The van der Waals surface area contributed by atoms with Crippen LogP contribution in [0.5, 0.6) is 0 Å². The fourth-order valence-electron chi connectivity index (χ4n) is 2.16. The second kappa shape index (κ2) is 8.06. The van der Waals surface area contributed by atoms with E-state index in [9.17, 15) is 14.0 Å². The average molecular weight is 394 g/mol. The summed E-state index contributed by atoms with van der Waals surface area (Å²) in [6.07, 6.45) is 0. The smallest absolute Gasteiger partial charge is 0.339 e. The van der Waals surface area contributed by atoms with E-state index in [1.54, 1.807) is 6.07 Å². The highest BCUT2D eigenvalue weighted by Crippen LogP contribution is 2.23. The molecule has 2 rings (SSSR count). The average Bonchev–Trinajstić information content (AvgIpc) is 2.55. The van der Waals surface area contributed by atoms with Crippen molar-refractivity contribution < 1.29 is 18.7 Å². The van der Waals surface area contributed by atoms with Crippen molar-refractivity contribution in [2.75, 3.05) is 11.9 Å². The molecule has 2 aromatic carbocycles. The van der Waals surface area contributed by atoms with Crippen molar-refractivity contribution in [3.63, 3.8) is 0 Å². The van der Waals surface area contributed by atoms with Crippen molar-refractivity contribution in [3.05, 3.63) is 63.9 Å². The zero-order chi connectivity index (χ0) is 17.7. The van der Waals surface area contributed by atoms with Gasteiger partial charge in [-0.25, -0.2) is 9.18 Å². The third kappa shape index (κ3) is 4.64. The van der Waals surface area contributed by atoms with Gasteiger partial charge in [0.15, 0.2) is 6.61 Å². The number of carbonyl (C=O) groups is 2. The van der Waals surface area contributed by atoms with Crippen LogP contribution < -0.4 is 5.32 Å². The topological polar surface area (TPSA) is 55.4 Å². The van der Waals surface area contributed by atoms with Crippen molar-refractivity contribution in [3.8, 4) is 0 Å². The normalized spacial score (nSPS) is 10.5. The number of ether oxygens (including phenoxy) is 1. The molecule has 0 aliphatic heterocycles. The lowest BCUT2D eigenvalue weighted by molar-refractivity contribution is -0.119. The minimum Gasteiger partial charge on any atom is -0.452 e. The molecular formula is C18H17BrFNO3. The molecule has 0 bridgehead atoms. The summed E-state index contributed by atoms with van der Waals surface area (Å²) in [5.41, 5.74) is 1.70. The van der Waals surface area contributed by atoms with Gasteiger partial charge in [-0.2, -0.15) is 0 Å². The van der Waals surface area contributed by atoms with Gasteiger partial charge >= 0.3 is 5.97 Å². The Bertz CT molecular complexity index is 762. The van der Waals surface area contributed by atoms with Crippen LogP contribution >= 0.6 is 15.9 Å². The Morgan fingerprint density at radius 1 is 1.21 bits per heavy atom. The largest absolute Gasteiger partial charge is 0.452 e. The Labute approximate surface area is 148 Å². The van der Waals surface area contributed by atoms with Gasteiger partial charge in [-0.05, 0) is 51.7 Å². The second-order valence-electron chi connectivity index (χ2n) is 5.49. The molecule has 0 aliphatic carbocycles. The molecule has 4 nitrogen and oxygen atoms in total. The van der Waals surface area contributed by atoms with Crippen molar-refractivity contribution >= 4 is 33.5 Å². The standard InChI is InChI=1S/C18H17BrFNO3/c1-11(2)13-5-3-4-6-16(13)21-17(22)10-24-18(23)14-9-12(20)7-8-15(14)19/h3-9,11H,10H2,1-2H3,(H,21,22). The van der Waals surface area contributed by atoms with E-state index in [0.717, 1.165) is 11.6 Å². The molecule has 0 heterocycles. The fourth-order valence-corrected chi connectivity index (χ4v) is 2.57. The summed E-state index contributed by atoms with van der Waals surface area (Å²) >= 11 is 3.15. The van der Waals surface area contributed by atoms with E-state index in [2.05, 4.69) is 21.2 Å². The molecule has 0 saturated heterocycles. The number of carbonyl (C=O) groups excluding carboxylic acids is 2. The Hall–Kier alpha value is -2.21. The molecule has 0 unspecified atom stereocenters. The van der Waals surface area contributed by atoms with Crippen LogP contribution in [0.4, 0.5) is 10.1 Å². The molecule has 1 N–H and O–H groups in total. The molecule has 24 heavy (non-hydrogen) atoms. The lowest BCUT2D eigenvalue weighted by Crippen LogP contribution is -2.22. The SMILES string of the molecule is CC(C)c1ccccc1NC(=O)COC(=O)c1cc(F)ccc1Br. The first-order valence-corrected chi connectivity index (χ1v) is 8.18. The van der Waals surface area contributed by atoms with E-state index < -0.39 is 24.3 Å². The van der Waals surface area contributed by atoms with E-state index in [0.29, 0.717) is 10.2 Å². The summed E-state index contributed by atoms with van der Waals surface area (Å²) in [7, 11) is 0. The van der Waals surface area contributed by atoms with E-state index in [4.69, 9.17) is 4.74 Å². The Morgan fingerprint density at radius 2 is 1.92 bits per heavy atom. The van der Waals surface area contributed by atoms with Crippen molar-refractivity contribution in [2.24, 2.45) is 0 Å². The highest BCUT2D eigenvalue weighted by molar-refractivity contribution is 9.10. The molecule has 2 aromatic rings. The number of rotatable bonds is 5. The molecular weight excluding hydrogens is 377 g/mol. The number of hydrogen-bond acceptors (Lipinski definition) is 3. The number of esters is 1. The maximum absolute atomic E-state index is 13.2. The molecule has 0 saturated carbocycles. The number of hydrogen-bond donors (Lipinski definition) is 1. The van der Waals surface area contributed by atoms with Crippen LogP contribution in [0.25, 0.3) is 0 Å². The van der Waals surface area contributed by atoms with Crippen LogP contribution in [0.2, 0.25) is 0 Å². The van der Waals surface area contributed by atoms with Gasteiger partial charge in [0.25, 0.3) is 5.91 Å². The van der Waals surface area contributed by atoms with Gasteiger partial charge < -0.3 is 10.1 Å². The summed E-state index contributed by atoms with van der Waals surface area (Å²) in [5.74, 6) is -1.54. The third-order valence-corrected chi connectivity index (χ3v) is 4.03. The lowest BCUT2D eigenvalue weighted by Gasteiger charge is -2.13. The number of nitrogens with one attached hydrogen (secondary N) is 1. The number of anilines is 1. The summed E-state index contributed by atoms with van der Waals surface area (Å²) in [5, 5.41) is 2.72. The Balaban J connectivity index is 1.99. The molecule has 0 atom stereocenters. The maximum Gasteiger partial charge on any atom is 0.339 e. The van der Waals surface area contributed by atoms with E-state index in [-0.39, 0.29) is 11.5 Å². The number of amides is 1. The summed E-state index contributed by atoms with van der Waals surface area (Å²) in [4.78, 5) is 24.0. The predicted octanol–water partition coefficient (Wildman–Crippen LogP) is 4.51. The molecule has 6 heteroatoms. The van der Waals surface area contributed by atoms with Crippen molar-refractivity contribution in [1.82, 2.24) is 0 Å². The third-order valence-electron chi connectivity index (χ3n) is 3.34. The number of halogens is 2. The van der Waals surface area contributed by atoms with Crippen LogP contribution in [0.3, 0.4) is 0 Å². The van der Waals surface area contributed by atoms with E-state index in [1.165, 1.54) is 12.1 Å². The highest BCUT2D eigenvalue weighted by Gasteiger charge is 2.15. The summed E-state index contributed by atoms with van der Waals surface area (Å²) in [6, 6.07) is 11.1. The van der Waals surface area contributed by atoms with Gasteiger partial charge in [0.1, 0.15) is 5.82 Å². The molecule has 0 fully saturated rings. The summed E-state index contributed by atoms with van der Waals surface area (Å²) < 4.78 is 18.6. The molecule has 0 aromatic heterocycles. The van der Waals surface area contributed by atoms with Crippen LogP contribution in [-0.4, -0.2) is 18.5 Å². The van der Waals surface area contributed by atoms with Crippen molar-refractivity contribution in [1.29, 1.82) is 0 Å². The minimum absolute atomic E-state index is 0.0328. The van der Waals surface area contributed by atoms with Crippen LogP contribution in [0.1, 0.15) is 35.7 Å². The Kier molecular flexibility index (Phi) is 6.09. The van der Waals surface area contributed by atoms with Gasteiger partial charge in [0, 0.05) is 10.2 Å². The second-order valence-corrected chi connectivity index (χ2v) is 6.34. The zero-order valence-corrected chi connectivity index (χ0v) is 14.9. The molecule has 0 aliphatic rings. The molecule has 1 amide bonds. The number of benzene rings is 2. The van der Waals surface area contributed by atoms with Crippen LogP contribution in [-0.2, 0) is 9.53 Å². The lowest BCUT2D eigenvalue weighted by atomic mass is 10.0. The van der Waals surface area contributed by atoms with Gasteiger partial charge in [0.2, 0.25) is 0 Å². The van der Waals surface area contributed by atoms with E-state index in [1.807, 2.05) is 32.0 Å². The van der Waals surface area contributed by atoms with Crippen LogP contribution in [0.15, 0.2) is 46.9 Å². The predicted molar refractivity (Wildman–Crippen MR) is 93.5 cm³/mol. The van der Waals surface area contributed by atoms with Gasteiger partial charge in [-0.15, -0.1) is 0 Å². The van der Waals surface area contributed by atoms with Gasteiger partial charge in [-0.3, -0.25) is 4.79 Å². The monoisotopic (exact) mass is 393 g/mol. The summed E-state index contributed by atoms with van der Waals surface area (Å²) in [6.45, 7) is 3.59. The quantitative estimate of drug-likeness (QED) is 0.760. The van der Waals surface area contributed by atoms with Crippen molar-refractivity contribution in [2.45, 2.75) is 19.8 Å².